The average Bonchev–Trinajstić information content (AvgIpc) is 2.33. The van der Waals surface area contributed by atoms with Crippen molar-refractivity contribution in [2.75, 3.05) is 0 Å². The molecule has 3 nitrogen and oxygen atoms in total. The summed E-state index contributed by atoms with van der Waals surface area (Å²) in [5, 5.41) is 8.46. The van der Waals surface area contributed by atoms with Crippen molar-refractivity contribution in [1.82, 2.24) is 0 Å². The summed E-state index contributed by atoms with van der Waals surface area (Å²) in [5.74, 6) is 0.584. The van der Waals surface area contributed by atoms with Crippen LogP contribution in [0.3, 0.4) is 0 Å². The van der Waals surface area contributed by atoms with Crippen molar-refractivity contribution >= 4 is 31.5 Å². The van der Waals surface area contributed by atoms with E-state index in [0.717, 1.165) is 0 Å². The zero-order valence-corrected chi connectivity index (χ0v) is 6.74. The van der Waals surface area contributed by atoms with Gasteiger partial charge in [-0.3, -0.25) is 0 Å². The Labute approximate surface area is 63.3 Å². The molecule has 0 aliphatic carbocycles. The molecule has 0 fully saturated rings. The zero-order valence-electron chi connectivity index (χ0n) is 4.87. The molecule has 0 radical (unpaired) electrons. The standard InChI is InChI=1S/C6H3AsO3/c8-3-4-1-2-7-5(4)6(9)10/h1-2H,(H,9,10). The van der Waals surface area contributed by atoms with E-state index in [2.05, 4.69) is 0 Å². The Hall–Kier alpha value is -0.912. The number of aliphatic carboxylic acids is 1. The van der Waals surface area contributed by atoms with Crippen LogP contribution in [0.25, 0.3) is 0 Å². The van der Waals surface area contributed by atoms with Gasteiger partial charge in [0, 0.05) is 0 Å². The van der Waals surface area contributed by atoms with Crippen molar-refractivity contribution < 1.29 is 14.7 Å². The SMILES string of the molecule is O=C=C1C=C[As]=C1C(=O)O. The molecule has 0 aromatic heterocycles. The third-order valence-electron chi connectivity index (χ3n) is 1.01. The first-order chi connectivity index (χ1) is 4.75. The molecular weight excluding hydrogens is 195 g/mol. The predicted molar refractivity (Wildman–Crippen MR) is 36.7 cm³/mol. The van der Waals surface area contributed by atoms with E-state index in [4.69, 9.17) is 5.11 Å². The maximum atomic E-state index is 10.3. The van der Waals surface area contributed by atoms with Crippen LogP contribution in [0.2, 0.25) is 0 Å². The third kappa shape index (κ3) is 1.15. The van der Waals surface area contributed by atoms with Gasteiger partial charge in [-0.15, -0.1) is 0 Å². The van der Waals surface area contributed by atoms with Crippen LogP contribution in [0, 0.1) is 0 Å². The van der Waals surface area contributed by atoms with Gasteiger partial charge in [0.05, 0.1) is 0 Å². The van der Waals surface area contributed by atoms with Crippen LogP contribution in [0.5, 0.6) is 0 Å². The fourth-order valence-electron chi connectivity index (χ4n) is 0.588. The second-order valence-corrected chi connectivity index (χ2v) is 3.72. The molecule has 1 rings (SSSR count). The molecular formula is C6H3AsO3. The molecule has 50 valence electrons. The molecule has 10 heavy (non-hydrogen) atoms. The molecule has 0 amide bonds. The average molecular weight is 198 g/mol. The van der Waals surface area contributed by atoms with Gasteiger partial charge in [-0.1, -0.05) is 0 Å². The van der Waals surface area contributed by atoms with Crippen molar-refractivity contribution in [3.63, 3.8) is 0 Å². The Bertz CT molecular complexity index is 281. The Kier molecular flexibility index (Phi) is 2.00. The second-order valence-electron chi connectivity index (χ2n) is 1.61. The Balaban J connectivity index is 3.04. The summed E-state index contributed by atoms with van der Waals surface area (Å²) in [5.41, 5.74) is 0.201. The third-order valence-corrected chi connectivity index (χ3v) is 3.09. The molecule has 0 aromatic rings. The Morgan fingerprint density at radius 1 is 1.70 bits per heavy atom. The predicted octanol–water partition coefficient (Wildman–Crippen LogP) is -0.767. The molecule has 0 unspecified atom stereocenters. The van der Waals surface area contributed by atoms with E-state index in [-0.39, 0.29) is 9.88 Å². The summed E-state index contributed by atoms with van der Waals surface area (Å²) in [6.07, 6.45) is 1.51. The first-order valence-corrected chi connectivity index (χ1v) is 4.51. The summed E-state index contributed by atoms with van der Waals surface area (Å²) in [6.45, 7) is 0. The number of hydrogen-bond acceptors (Lipinski definition) is 2. The summed E-state index contributed by atoms with van der Waals surface area (Å²) in [6, 6.07) is 0. The van der Waals surface area contributed by atoms with E-state index >= 15 is 0 Å². The molecule has 1 N–H and O–H groups in total. The Morgan fingerprint density at radius 3 is 2.80 bits per heavy atom. The molecule has 4 heteroatoms. The van der Waals surface area contributed by atoms with Crippen LogP contribution >= 0.6 is 0 Å². The van der Waals surface area contributed by atoms with Crippen LogP contribution < -0.4 is 0 Å². The number of rotatable bonds is 1. The molecule has 0 saturated carbocycles. The molecule has 0 aromatic carbocycles. The van der Waals surface area contributed by atoms with Crippen LogP contribution in [0.15, 0.2) is 16.5 Å². The monoisotopic (exact) mass is 198 g/mol. The summed E-state index contributed by atoms with van der Waals surface area (Å²) in [7, 11) is 0. The fraction of sp³-hybridized carbons (Fsp3) is 0. The molecule has 0 spiro atoms. The van der Waals surface area contributed by atoms with E-state index in [1.165, 1.54) is 6.08 Å². The summed E-state index contributed by atoms with van der Waals surface area (Å²) in [4.78, 5) is 22.1. The minimum absolute atomic E-state index is 0.201. The molecule has 0 bridgehead atoms. The van der Waals surface area contributed by atoms with E-state index in [1.807, 2.05) is 0 Å². The number of carbonyl (C=O) groups excluding carboxylic acids is 1. The molecule has 1 aliphatic heterocycles. The molecule has 0 saturated heterocycles. The van der Waals surface area contributed by atoms with Crippen LogP contribution in [0.4, 0.5) is 0 Å². The zero-order chi connectivity index (χ0) is 7.56. The van der Waals surface area contributed by atoms with Crippen LogP contribution in [-0.2, 0) is 9.59 Å². The van der Waals surface area contributed by atoms with E-state index in [9.17, 15) is 9.59 Å². The first kappa shape index (κ1) is 7.20. The Morgan fingerprint density at radius 2 is 2.40 bits per heavy atom. The van der Waals surface area contributed by atoms with Crippen molar-refractivity contribution in [2.24, 2.45) is 0 Å². The number of carbonyl (C=O) groups is 1. The molecule has 1 aliphatic rings. The quantitative estimate of drug-likeness (QED) is 0.444. The summed E-state index contributed by atoms with van der Waals surface area (Å²) >= 11 is -0.440. The van der Waals surface area contributed by atoms with Gasteiger partial charge in [0.1, 0.15) is 0 Å². The maximum absolute atomic E-state index is 10.3. The summed E-state index contributed by atoms with van der Waals surface area (Å²) < 4.78 is 0.228. The van der Waals surface area contributed by atoms with Crippen molar-refractivity contribution in [1.29, 1.82) is 0 Å². The van der Waals surface area contributed by atoms with E-state index < -0.39 is 21.3 Å². The normalized spacial score (nSPS) is 16.4. The van der Waals surface area contributed by atoms with E-state index in [1.54, 1.807) is 10.8 Å². The van der Waals surface area contributed by atoms with Crippen molar-refractivity contribution in [3.8, 4) is 0 Å². The van der Waals surface area contributed by atoms with Gasteiger partial charge < -0.3 is 0 Å². The van der Waals surface area contributed by atoms with Crippen LogP contribution in [0.1, 0.15) is 0 Å². The molecule has 0 atom stereocenters. The topological polar surface area (TPSA) is 54.4 Å². The number of carboxylic acids is 1. The van der Waals surface area contributed by atoms with Gasteiger partial charge in [0.15, 0.2) is 0 Å². The van der Waals surface area contributed by atoms with Gasteiger partial charge >= 0.3 is 62.7 Å². The van der Waals surface area contributed by atoms with E-state index in [0.29, 0.717) is 0 Å². The second kappa shape index (κ2) is 2.78. The van der Waals surface area contributed by atoms with Crippen molar-refractivity contribution in [2.45, 2.75) is 0 Å². The van der Waals surface area contributed by atoms with Gasteiger partial charge in [-0.05, 0) is 0 Å². The number of allylic oxidation sites excluding steroid dienone is 1. The van der Waals surface area contributed by atoms with Gasteiger partial charge in [-0.25, -0.2) is 0 Å². The van der Waals surface area contributed by atoms with Crippen LogP contribution in [-0.4, -0.2) is 36.6 Å². The minimum atomic E-state index is -0.997. The van der Waals surface area contributed by atoms with Crippen molar-refractivity contribution in [3.05, 3.63) is 16.5 Å². The fourth-order valence-corrected chi connectivity index (χ4v) is 2.15. The first-order valence-electron chi connectivity index (χ1n) is 2.49. The van der Waals surface area contributed by atoms with Gasteiger partial charge in [-0.2, -0.15) is 0 Å². The van der Waals surface area contributed by atoms with Gasteiger partial charge in [0.25, 0.3) is 0 Å². The molecule has 1 heterocycles. The van der Waals surface area contributed by atoms with Gasteiger partial charge in [0.2, 0.25) is 0 Å². The number of hydrogen-bond donors (Lipinski definition) is 1. The number of carboxylic acid groups (broad SMARTS) is 1.